The zero-order chi connectivity index (χ0) is 12.5. The first kappa shape index (κ1) is 12.1. The van der Waals surface area contributed by atoms with E-state index in [1.807, 2.05) is 6.07 Å². The predicted octanol–water partition coefficient (Wildman–Crippen LogP) is 1.82. The van der Waals surface area contributed by atoms with Crippen molar-refractivity contribution in [2.75, 3.05) is 19.7 Å². The molecule has 2 atom stereocenters. The monoisotopic (exact) mass is 250 g/mol. The van der Waals surface area contributed by atoms with Crippen molar-refractivity contribution in [3.63, 3.8) is 0 Å². The van der Waals surface area contributed by atoms with E-state index in [1.165, 1.54) is 11.6 Å². The summed E-state index contributed by atoms with van der Waals surface area (Å²) in [6, 6.07) is 5.17. The van der Waals surface area contributed by atoms with E-state index >= 15 is 0 Å². The molecule has 1 saturated heterocycles. The van der Waals surface area contributed by atoms with Crippen LogP contribution in [0.3, 0.4) is 0 Å². The van der Waals surface area contributed by atoms with Crippen LogP contribution in [0.15, 0.2) is 18.2 Å². The Hall–Kier alpha value is -0.970. The SMILES string of the molecule is NCC1c2cc(F)ccc2CN1CC1CCCO1. The lowest BCUT2D eigenvalue weighted by molar-refractivity contribution is 0.0609. The Morgan fingerprint density at radius 1 is 1.44 bits per heavy atom. The van der Waals surface area contributed by atoms with E-state index in [4.69, 9.17) is 10.5 Å². The molecule has 0 spiro atoms. The summed E-state index contributed by atoms with van der Waals surface area (Å²) < 4.78 is 19.0. The minimum Gasteiger partial charge on any atom is -0.377 e. The number of benzene rings is 1. The van der Waals surface area contributed by atoms with Crippen LogP contribution in [0.4, 0.5) is 4.39 Å². The normalized spacial score (nSPS) is 27.7. The summed E-state index contributed by atoms with van der Waals surface area (Å²) in [4.78, 5) is 2.32. The lowest BCUT2D eigenvalue weighted by atomic mass is 10.0. The number of hydrogen-bond donors (Lipinski definition) is 1. The molecule has 2 aliphatic heterocycles. The average molecular weight is 250 g/mol. The molecule has 98 valence electrons. The highest BCUT2D eigenvalue weighted by atomic mass is 19.1. The van der Waals surface area contributed by atoms with E-state index in [2.05, 4.69) is 4.90 Å². The van der Waals surface area contributed by atoms with E-state index < -0.39 is 0 Å². The predicted molar refractivity (Wildman–Crippen MR) is 67.6 cm³/mol. The minimum atomic E-state index is -0.175. The second-order valence-corrected chi connectivity index (χ2v) is 5.16. The molecule has 1 aromatic carbocycles. The summed E-state index contributed by atoms with van der Waals surface area (Å²) in [6.45, 7) is 3.16. The Kier molecular flexibility index (Phi) is 3.33. The smallest absolute Gasteiger partial charge is 0.123 e. The number of rotatable bonds is 3. The van der Waals surface area contributed by atoms with E-state index in [0.717, 1.165) is 38.1 Å². The van der Waals surface area contributed by atoms with Crippen molar-refractivity contribution in [2.24, 2.45) is 5.73 Å². The van der Waals surface area contributed by atoms with Crippen LogP contribution in [0.1, 0.15) is 30.0 Å². The Morgan fingerprint density at radius 3 is 3.06 bits per heavy atom. The maximum absolute atomic E-state index is 13.3. The van der Waals surface area contributed by atoms with Crippen LogP contribution in [-0.4, -0.2) is 30.7 Å². The molecule has 0 aliphatic carbocycles. The van der Waals surface area contributed by atoms with Crippen LogP contribution < -0.4 is 5.73 Å². The molecule has 0 aromatic heterocycles. The Bertz CT molecular complexity index is 432. The molecule has 2 unspecified atom stereocenters. The van der Waals surface area contributed by atoms with Gasteiger partial charge in [0.15, 0.2) is 0 Å². The summed E-state index contributed by atoms with van der Waals surface area (Å²) >= 11 is 0. The summed E-state index contributed by atoms with van der Waals surface area (Å²) in [5, 5.41) is 0. The molecule has 1 fully saturated rings. The first-order chi connectivity index (χ1) is 8.78. The largest absolute Gasteiger partial charge is 0.377 e. The van der Waals surface area contributed by atoms with Gasteiger partial charge in [-0.3, -0.25) is 4.90 Å². The molecule has 2 heterocycles. The van der Waals surface area contributed by atoms with Crippen molar-refractivity contribution in [3.8, 4) is 0 Å². The highest BCUT2D eigenvalue weighted by molar-refractivity contribution is 5.35. The zero-order valence-corrected chi connectivity index (χ0v) is 10.4. The number of nitrogens with zero attached hydrogens (tertiary/aromatic N) is 1. The highest BCUT2D eigenvalue weighted by Crippen LogP contribution is 2.34. The van der Waals surface area contributed by atoms with E-state index in [1.54, 1.807) is 6.07 Å². The van der Waals surface area contributed by atoms with Crippen LogP contribution in [0.2, 0.25) is 0 Å². The molecule has 0 amide bonds. The van der Waals surface area contributed by atoms with Gasteiger partial charge >= 0.3 is 0 Å². The van der Waals surface area contributed by atoms with Gasteiger partial charge in [0.2, 0.25) is 0 Å². The molecule has 0 radical (unpaired) electrons. The van der Waals surface area contributed by atoms with Crippen LogP contribution in [0.5, 0.6) is 0 Å². The summed E-state index contributed by atoms with van der Waals surface area (Å²) in [7, 11) is 0. The van der Waals surface area contributed by atoms with Crippen LogP contribution in [0, 0.1) is 5.82 Å². The lowest BCUT2D eigenvalue weighted by Crippen LogP contribution is -2.34. The number of halogens is 1. The van der Waals surface area contributed by atoms with Crippen LogP contribution in [-0.2, 0) is 11.3 Å². The molecule has 4 heteroatoms. The number of hydrogen-bond acceptors (Lipinski definition) is 3. The molecule has 3 nitrogen and oxygen atoms in total. The first-order valence-corrected chi connectivity index (χ1v) is 6.62. The highest BCUT2D eigenvalue weighted by Gasteiger charge is 2.31. The second-order valence-electron chi connectivity index (χ2n) is 5.16. The van der Waals surface area contributed by atoms with Crippen molar-refractivity contribution < 1.29 is 9.13 Å². The van der Waals surface area contributed by atoms with E-state index in [0.29, 0.717) is 12.6 Å². The Morgan fingerprint density at radius 2 is 2.33 bits per heavy atom. The van der Waals surface area contributed by atoms with Crippen molar-refractivity contribution in [1.82, 2.24) is 4.90 Å². The molecule has 1 aromatic rings. The van der Waals surface area contributed by atoms with Gasteiger partial charge in [-0.2, -0.15) is 0 Å². The molecule has 18 heavy (non-hydrogen) atoms. The van der Waals surface area contributed by atoms with Gasteiger partial charge < -0.3 is 10.5 Å². The molecule has 2 aliphatic rings. The third-order valence-electron chi connectivity index (χ3n) is 3.97. The molecule has 2 N–H and O–H groups in total. The Balaban J connectivity index is 1.77. The van der Waals surface area contributed by atoms with Gasteiger partial charge in [-0.25, -0.2) is 4.39 Å². The summed E-state index contributed by atoms with van der Waals surface area (Å²) in [5.41, 5.74) is 8.11. The Labute approximate surface area is 107 Å². The molecule has 0 saturated carbocycles. The lowest BCUT2D eigenvalue weighted by Gasteiger charge is -2.26. The van der Waals surface area contributed by atoms with Crippen molar-refractivity contribution >= 4 is 0 Å². The fraction of sp³-hybridized carbons (Fsp3) is 0.571. The summed E-state index contributed by atoms with van der Waals surface area (Å²) in [5.74, 6) is -0.175. The fourth-order valence-corrected chi connectivity index (χ4v) is 3.06. The van der Waals surface area contributed by atoms with Crippen molar-refractivity contribution in [1.29, 1.82) is 0 Å². The fourth-order valence-electron chi connectivity index (χ4n) is 3.06. The van der Waals surface area contributed by atoms with Gasteiger partial charge in [-0.15, -0.1) is 0 Å². The maximum Gasteiger partial charge on any atom is 0.123 e. The van der Waals surface area contributed by atoms with Gasteiger partial charge in [0.25, 0.3) is 0 Å². The minimum absolute atomic E-state index is 0.139. The van der Waals surface area contributed by atoms with Gasteiger partial charge in [0.1, 0.15) is 5.82 Å². The standard InChI is InChI=1S/C14H19FN2O/c15-11-4-3-10-8-17(9-12-2-1-5-18-12)14(7-16)13(10)6-11/h3-4,6,12,14H,1-2,5,7-9,16H2. The maximum atomic E-state index is 13.3. The van der Waals surface area contributed by atoms with Crippen molar-refractivity contribution in [3.05, 3.63) is 35.1 Å². The topological polar surface area (TPSA) is 38.5 Å². The first-order valence-electron chi connectivity index (χ1n) is 6.62. The number of nitrogens with two attached hydrogens (primary N) is 1. The van der Waals surface area contributed by atoms with Crippen LogP contribution >= 0.6 is 0 Å². The van der Waals surface area contributed by atoms with Gasteiger partial charge in [0.05, 0.1) is 6.10 Å². The average Bonchev–Trinajstić information content (AvgIpc) is 2.96. The molecular formula is C14H19FN2O. The van der Waals surface area contributed by atoms with Crippen LogP contribution in [0.25, 0.3) is 0 Å². The number of ether oxygens (including phenoxy) is 1. The quantitative estimate of drug-likeness (QED) is 0.889. The molecule has 3 rings (SSSR count). The molecular weight excluding hydrogens is 231 g/mol. The third-order valence-corrected chi connectivity index (χ3v) is 3.97. The van der Waals surface area contributed by atoms with Gasteiger partial charge in [0, 0.05) is 32.3 Å². The van der Waals surface area contributed by atoms with Crippen molar-refractivity contribution in [2.45, 2.75) is 31.5 Å². The van der Waals surface area contributed by atoms with E-state index in [-0.39, 0.29) is 11.9 Å². The van der Waals surface area contributed by atoms with Gasteiger partial charge in [-0.05, 0) is 36.1 Å². The van der Waals surface area contributed by atoms with E-state index in [9.17, 15) is 4.39 Å². The third kappa shape index (κ3) is 2.16. The second kappa shape index (κ2) is 4.96. The van der Waals surface area contributed by atoms with Gasteiger partial charge in [-0.1, -0.05) is 6.07 Å². The number of fused-ring (bicyclic) bond motifs is 1. The molecule has 0 bridgehead atoms. The summed E-state index contributed by atoms with van der Waals surface area (Å²) in [6.07, 6.45) is 2.59. The zero-order valence-electron chi connectivity index (χ0n) is 10.4.